The van der Waals surface area contributed by atoms with Gasteiger partial charge in [0.15, 0.2) is 0 Å². The normalized spacial score (nSPS) is 26.3. The summed E-state index contributed by atoms with van der Waals surface area (Å²) in [4.78, 5) is 6.16. The van der Waals surface area contributed by atoms with Gasteiger partial charge >= 0.3 is 0 Å². The Bertz CT molecular complexity index is 1210. The molecule has 29 heavy (non-hydrogen) atoms. The molecule has 2 N–H and O–H groups in total. The Morgan fingerprint density at radius 3 is 2.52 bits per heavy atom. The second-order valence-electron chi connectivity index (χ2n) is 7.80. The molecule has 1 unspecified atom stereocenters. The summed E-state index contributed by atoms with van der Waals surface area (Å²) < 4.78 is 18.3. The van der Waals surface area contributed by atoms with Crippen molar-refractivity contribution in [2.24, 2.45) is 10.7 Å². The summed E-state index contributed by atoms with van der Waals surface area (Å²) in [6, 6.07) is 11.3. The minimum Gasteiger partial charge on any atom is -0.415 e. The first-order chi connectivity index (χ1) is 13.5. The number of hydrogen-bond acceptors (Lipinski definition) is 7. The molecule has 1 aromatic carbocycles. The maximum absolute atomic E-state index is 13.3. The van der Waals surface area contributed by atoms with Gasteiger partial charge in [-0.3, -0.25) is 9.20 Å². The largest absolute Gasteiger partial charge is 0.415 e. The van der Waals surface area contributed by atoms with E-state index < -0.39 is 19.8 Å². The van der Waals surface area contributed by atoms with Gasteiger partial charge in [-0.05, 0) is 54.4 Å². The van der Waals surface area contributed by atoms with Crippen LogP contribution in [0.5, 0.6) is 0 Å². The number of halogens is 1. The van der Waals surface area contributed by atoms with E-state index in [1.807, 2.05) is 51.1 Å². The van der Waals surface area contributed by atoms with E-state index in [0.717, 1.165) is 15.3 Å². The third-order valence-electron chi connectivity index (χ3n) is 5.26. The molecule has 0 amide bonds. The molecule has 9 heteroatoms. The zero-order valence-corrected chi connectivity index (χ0v) is 18.7. The zero-order chi connectivity index (χ0) is 21.0. The maximum Gasteiger partial charge on any atom is 0.258 e. The fourth-order valence-corrected chi connectivity index (χ4v) is 6.79. The lowest BCUT2D eigenvalue weighted by Gasteiger charge is -2.40. The second kappa shape index (κ2) is 6.68. The van der Waals surface area contributed by atoms with Crippen LogP contribution in [0.2, 0.25) is 5.02 Å². The van der Waals surface area contributed by atoms with Crippen molar-refractivity contribution in [2.75, 3.05) is 5.75 Å². The van der Waals surface area contributed by atoms with Crippen LogP contribution in [0, 0.1) is 0 Å². The van der Waals surface area contributed by atoms with Crippen molar-refractivity contribution in [1.82, 2.24) is 10.2 Å². The molecule has 0 saturated heterocycles. The molecule has 1 aliphatic rings. The Kier molecular flexibility index (Phi) is 4.64. The van der Waals surface area contributed by atoms with Crippen LogP contribution < -0.4 is 5.73 Å². The van der Waals surface area contributed by atoms with Gasteiger partial charge < -0.3 is 10.2 Å². The molecular weight excluding hydrogens is 428 g/mol. The molecular formula is C20H21ClN4O2S2. The number of rotatable bonds is 3. The minimum atomic E-state index is -2.53. The molecule has 0 spiro atoms. The van der Waals surface area contributed by atoms with Gasteiger partial charge in [0.25, 0.3) is 5.89 Å². The average Bonchev–Trinajstić information content (AvgIpc) is 3.28. The van der Waals surface area contributed by atoms with Gasteiger partial charge in [0.05, 0.1) is 19.5 Å². The number of aromatic nitrogens is 2. The third kappa shape index (κ3) is 3.29. The van der Waals surface area contributed by atoms with E-state index in [0.29, 0.717) is 22.6 Å². The van der Waals surface area contributed by atoms with E-state index in [1.165, 1.54) is 11.3 Å². The van der Waals surface area contributed by atoms with E-state index in [9.17, 15) is 4.21 Å². The first-order valence-electron chi connectivity index (χ1n) is 8.93. The molecule has 1 aliphatic heterocycles. The smallest absolute Gasteiger partial charge is 0.258 e. The number of benzene rings is 1. The molecule has 2 atom stereocenters. The standard InChI is InChI=1S/C20H21ClN4O2S2/c1-19(2)18(22)23-20(3,11-29(19,4)26)15-13(21)10-14(28-15)17-25-24-16(27-17)12-8-6-5-7-9-12/h5-10H,4,11H2,1-3H3,(H2,22,23)/t20-,29?/m0/s1. The predicted molar refractivity (Wildman–Crippen MR) is 121 cm³/mol. The molecule has 2 aromatic heterocycles. The van der Waals surface area contributed by atoms with Gasteiger partial charge in [-0.1, -0.05) is 29.8 Å². The van der Waals surface area contributed by atoms with Crippen LogP contribution in [0.4, 0.5) is 0 Å². The van der Waals surface area contributed by atoms with Crippen LogP contribution in [0.3, 0.4) is 0 Å². The van der Waals surface area contributed by atoms with Crippen molar-refractivity contribution >= 4 is 44.2 Å². The maximum atomic E-state index is 13.3. The molecule has 0 radical (unpaired) electrons. The summed E-state index contributed by atoms with van der Waals surface area (Å²) in [5, 5.41) is 8.79. The molecule has 0 aliphatic carbocycles. The van der Waals surface area contributed by atoms with Crippen molar-refractivity contribution in [3.05, 3.63) is 46.3 Å². The van der Waals surface area contributed by atoms with E-state index in [1.54, 1.807) is 6.07 Å². The van der Waals surface area contributed by atoms with Gasteiger partial charge in [0, 0.05) is 11.3 Å². The fourth-order valence-electron chi connectivity index (χ4n) is 3.24. The van der Waals surface area contributed by atoms with Crippen LogP contribution >= 0.6 is 22.9 Å². The Hall–Kier alpha value is -2.16. The lowest BCUT2D eigenvalue weighted by molar-refractivity contribution is 0.543. The number of nitrogens with zero attached hydrogens (tertiary/aromatic N) is 3. The quantitative estimate of drug-likeness (QED) is 0.606. The summed E-state index contributed by atoms with van der Waals surface area (Å²) in [6.45, 7) is 5.50. The van der Waals surface area contributed by atoms with Crippen molar-refractivity contribution in [3.63, 3.8) is 0 Å². The topological polar surface area (TPSA) is 94.4 Å². The molecule has 152 valence electrons. The van der Waals surface area contributed by atoms with Gasteiger partial charge in [-0.25, -0.2) is 0 Å². The van der Waals surface area contributed by atoms with Crippen molar-refractivity contribution in [1.29, 1.82) is 0 Å². The minimum absolute atomic E-state index is 0.256. The summed E-state index contributed by atoms with van der Waals surface area (Å²) >= 11 is 7.94. The van der Waals surface area contributed by atoms with Crippen molar-refractivity contribution < 1.29 is 8.63 Å². The summed E-state index contributed by atoms with van der Waals surface area (Å²) in [7, 11) is -2.53. The van der Waals surface area contributed by atoms with Gasteiger partial charge in [-0.2, -0.15) is 0 Å². The van der Waals surface area contributed by atoms with Crippen molar-refractivity contribution in [3.8, 4) is 22.2 Å². The van der Waals surface area contributed by atoms with Crippen LogP contribution in [-0.4, -0.2) is 36.6 Å². The SMILES string of the molecule is C=S1(=O)C[C@@](C)(c2sc(-c3nnc(-c4ccccc4)o3)cc2Cl)N=C(N)C1(C)C. The Labute approximate surface area is 178 Å². The highest BCUT2D eigenvalue weighted by atomic mass is 35.5. The second-order valence-corrected chi connectivity index (χ2v) is 12.2. The van der Waals surface area contributed by atoms with Gasteiger partial charge in [0.1, 0.15) is 11.4 Å². The summed E-state index contributed by atoms with van der Waals surface area (Å²) in [5.74, 6) is 5.35. The number of aliphatic imine (C=N–C) groups is 1. The summed E-state index contributed by atoms with van der Waals surface area (Å²) in [5.41, 5.74) is 6.19. The Morgan fingerprint density at radius 1 is 1.21 bits per heavy atom. The lowest BCUT2D eigenvalue weighted by Crippen LogP contribution is -2.54. The highest BCUT2D eigenvalue weighted by Gasteiger charge is 2.46. The lowest BCUT2D eigenvalue weighted by atomic mass is 10.0. The molecule has 0 saturated carbocycles. The van der Waals surface area contributed by atoms with Crippen LogP contribution in [0.15, 0.2) is 45.8 Å². The number of nitrogens with two attached hydrogens (primary N) is 1. The first kappa shape index (κ1) is 20.1. The van der Waals surface area contributed by atoms with E-state index in [-0.39, 0.29) is 5.75 Å². The van der Waals surface area contributed by atoms with Crippen LogP contribution in [0.1, 0.15) is 25.6 Å². The highest BCUT2D eigenvalue weighted by molar-refractivity contribution is 8.02. The van der Waals surface area contributed by atoms with E-state index in [4.69, 9.17) is 21.8 Å². The first-order valence-corrected chi connectivity index (χ1v) is 12.0. The van der Waals surface area contributed by atoms with E-state index >= 15 is 0 Å². The van der Waals surface area contributed by atoms with Crippen molar-refractivity contribution in [2.45, 2.75) is 31.1 Å². The van der Waals surface area contributed by atoms with Crippen LogP contribution in [0.25, 0.3) is 22.2 Å². The average molecular weight is 449 g/mol. The number of thiophene rings is 1. The van der Waals surface area contributed by atoms with E-state index in [2.05, 4.69) is 21.1 Å². The van der Waals surface area contributed by atoms with Gasteiger partial charge in [-0.15, -0.1) is 21.5 Å². The molecule has 0 fully saturated rings. The highest BCUT2D eigenvalue weighted by Crippen LogP contribution is 2.45. The number of amidine groups is 1. The molecule has 0 bridgehead atoms. The Morgan fingerprint density at radius 2 is 1.86 bits per heavy atom. The molecule has 6 nitrogen and oxygen atoms in total. The third-order valence-corrected chi connectivity index (χ3v) is 10.1. The zero-order valence-electron chi connectivity index (χ0n) is 16.3. The monoisotopic (exact) mass is 448 g/mol. The molecule has 3 heterocycles. The predicted octanol–water partition coefficient (Wildman–Crippen LogP) is 4.20. The van der Waals surface area contributed by atoms with Gasteiger partial charge in [0.2, 0.25) is 5.89 Å². The molecule has 3 aromatic rings. The Balaban J connectivity index is 1.75. The number of hydrogen-bond donors (Lipinski definition) is 1. The molecule has 4 rings (SSSR count). The fraction of sp³-hybridized carbons (Fsp3) is 0.300. The van der Waals surface area contributed by atoms with Crippen LogP contribution in [-0.2, 0) is 15.1 Å². The summed E-state index contributed by atoms with van der Waals surface area (Å²) in [6.07, 6.45) is 0.